The Kier molecular flexibility index (Phi) is 39.8. The van der Waals surface area contributed by atoms with Gasteiger partial charge in [-0.3, -0.25) is 9.05 Å². The molecule has 48 heavy (non-hydrogen) atoms. The van der Waals surface area contributed by atoms with E-state index in [1.54, 1.807) is 0 Å². The summed E-state index contributed by atoms with van der Waals surface area (Å²) < 4.78 is 30.4. The molecule has 0 amide bonds. The van der Waals surface area contributed by atoms with E-state index in [9.17, 15) is 14.8 Å². The van der Waals surface area contributed by atoms with E-state index >= 15 is 0 Å². The van der Waals surface area contributed by atoms with Gasteiger partial charge in [0.25, 0.3) is 0 Å². The summed E-state index contributed by atoms with van der Waals surface area (Å²) in [6, 6.07) is 0. The normalized spacial score (nSPS) is 12.1. The van der Waals surface area contributed by atoms with Gasteiger partial charge in [-0.05, 0) is 12.8 Å². The molecule has 8 heteroatoms. The molecule has 0 radical (unpaired) electrons. The van der Waals surface area contributed by atoms with Crippen molar-refractivity contribution >= 4 is 7.82 Å². The summed E-state index contributed by atoms with van der Waals surface area (Å²) in [5.41, 5.74) is 0. The average molecular weight is 706 g/mol. The topological polar surface area (TPSA) is 88.5 Å². The van der Waals surface area contributed by atoms with Crippen molar-refractivity contribution in [3.63, 3.8) is 0 Å². The summed E-state index contributed by atoms with van der Waals surface area (Å²) in [4.78, 5) is 0. The zero-order chi connectivity index (χ0) is 35.1. The van der Waals surface area contributed by atoms with Crippen LogP contribution in [-0.2, 0) is 18.2 Å². The van der Waals surface area contributed by atoms with Crippen molar-refractivity contribution in [3.05, 3.63) is 0 Å². The molecule has 0 aromatic rings. The van der Waals surface area contributed by atoms with Gasteiger partial charge in [-0.15, -0.1) is 0 Å². The first-order valence-corrected chi connectivity index (χ1v) is 22.6. The number of rotatable bonds is 42. The highest BCUT2D eigenvalue weighted by atomic mass is 31.2. The van der Waals surface area contributed by atoms with Gasteiger partial charge in [0.15, 0.2) is 0 Å². The Labute approximate surface area is 299 Å². The SMILES string of the molecule is CCCCCCCCCCCCCCCCCCOP(=O)(OCCCCCCCCCCCCCCCCCC)ON(CCO)CCO. The lowest BCUT2D eigenvalue weighted by molar-refractivity contribution is -0.105. The Morgan fingerprint density at radius 1 is 0.396 bits per heavy atom. The maximum atomic E-state index is 13.4. The highest BCUT2D eigenvalue weighted by Crippen LogP contribution is 2.50. The van der Waals surface area contributed by atoms with Gasteiger partial charge in [-0.25, -0.2) is 4.57 Å². The first-order valence-electron chi connectivity index (χ1n) is 21.2. The van der Waals surface area contributed by atoms with Crippen LogP contribution < -0.4 is 0 Å². The molecule has 7 nitrogen and oxygen atoms in total. The van der Waals surface area contributed by atoms with Crippen LogP contribution in [0, 0.1) is 0 Å². The van der Waals surface area contributed by atoms with Crippen molar-refractivity contribution in [3.8, 4) is 0 Å². The minimum atomic E-state index is -3.81. The summed E-state index contributed by atoms with van der Waals surface area (Å²) in [6.07, 6.45) is 41.6. The van der Waals surface area contributed by atoms with Gasteiger partial charge in [0.2, 0.25) is 0 Å². The molecule has 0 spiro atoms. The van der Waals surface area contributed by atoms with Crippen molar-refractivity contribution < 1.29 is 28.5 Å². The van der Waals surface area contributed by atoms with E-state index in [2.05, 4.69) is 13.8 Å². The molecule has 0 aliphatic carbocycles. The second-order valence-corrected chi connectivity index (χ2v) is 15.8. The van der Waals surface area contributed by atoms with Crippen molar-refractivity contribution in [2.45, 2.75) is 219 Å². The quantitative estimate of drug-likeness (QED) is 0.0371. The van der Waals surface area contributed by atoms with Gasteiger partial charge in [-0.2, -0.15) is 9.69 Å². The smallest absolute Gasteiger partial charge is 0.395 e. The van der Waals surface area contributed by atoms with Gasteiger partial charge in [0.1, 0.15) is 0 Å². The van der Waals surface area contributed by atoms with Gasteiger partial charge in [-0.1, -0.05) is 206 Å². The van der Waals surface area contributed by atoms with Crippen LogP contribution in [0.4, 0.5) is 0 Å². The predicted octanol–water partition coefficient (Wildman–Crippen LogP) is 12.9. The number of aliphatic hydroxyl groups excluding tert-OH is 2. The van der Waals surface area contributed by atoms with E-state index in [1.807, 2.05) is 0 Å². The lowest BCUT2D eigenvalue weighted by Gasteiger charge is -2.25. The summed E-state index contributed by atoms with van der Waals surface area (Å²) in [7, 11) is -3.81. The second-order valence-electron chi connectivity index (χ2n) is 14.2. The first-order chi connectivity index (χ1) is 23.6. The fraction of sp³-hybridized carbons (Fsp3) is 1.00. The molecular weight excluding hydrogens is 621 g/mol. The molecular formula is C40H84NO6P. The molecule has 0 bridgehead atoms. The Balaban J connectivity index is 3.95. The summed E-state index contributed by atoms with van der Waals surface area (Å²) >= 11 is 0. The van der Waals surface area contributed by atoms with Gasteiger partial charge in [0, 0.05) is 13.1 Å². The van der Waals surface area contributed by atoms with Crippen LogP contribution in [0.3, 0.4) is 0 Å². The van der Waals surface area contributed by atoms with Gasteiger partial charge >= 0.3 is 7.82 Å². The number of hydroxylamine groups is 2. The van der Waals surface area contributed by atoms with E-state index in [0.29, 0.717) is 13.2 Å². The van der Waals surface area contributed by atoms with Crippen LogP contribution in [0.2, 0.25) is 0 Å². The Hall–Kier alpha value is -0.0100. The molecule has 0 heterocycles. The molecule has 0 saturated carbocycles. The third-order valence-electron chi connectivity index (χ3n) is 9.41. The number of phosphoric acid groups is 1. The maximum absolute atomic E-state index is 13.4. The Bertz CT molecular complexity index is 607. The van der Waals surface area contributed by atoms with E-state index in [4.69, 9.17) is 13.7 Å². The molecule has 0 unspecified atom stereocenters. The van der Waals surface area contributed by atoms with E-state index in [-0.39, 0.29) is 26.3 Å². The van der Waals surface area contributed by atoms with Crippen molar-refractivity contribution in [2.75, 3.05) is 39.5 Å². The minimum Gasteiger partial charge on any atom is -0.395 e. The molecule has 0 aliphatic rings. The molecule has 0 aromatic carbocycles. The molecule has 0 rings (SSSR count). The highest BCUT2D eigenvalue weighted by Gasteiger charge is 2.30. The lowest BCUT2D eigenvalue weighted by Crippen LogP contribution is -2.30. The standard InChI is InChI=1S/C40H84NO6P/c1-3-5-7-9-11-13-15-17-19-21-23-25-27-29-31-33-39-45-48(44,47-41(35-37-42)36-38-43)46-40-34-32-30-28-26-24-22-20-18-16-14-12-10-8-6-4-2/h42-43H,3-40H2,1-2H3. The molecule has 290 valence electrons. The number of hydrogen-bond donors (Lipinski definition) is 2. The minimum absolute atomic E-state index is 0.134. The van der Waals surface area contributed by atoms with E-state index in [0.717, 1.165) is 38.5 Å². The van der Waals surface area contributed by atoms with Crippen LogP contribution in [0.5, 0.6) is 0 Å². The maximum Gasteiger partial charge on any atom is 0.491 e. The number of nitrogens with zero attached hydrogens (tertiary/aromatic N) is 1. The Morgan fingerprint density at radius 3 is 0.854 bits per heavy atom. The Morgan fingerprint density at radius 2 is 0.625 bits per heavy atom. The first kappa shape index (κ1) is 48.0. The lowest BCUT2D eigenvalue weighted by atomic mass is 10.0. The summed E-state index contributed by atoms with van der Waals surface area (Å²) in [5, 5.41) is 20.0. The van der Waals surface area contributed by atoms with Crippen LogP contribution >= 0.6 is 7.82 Å². The largest absolute Gasteiger partial charge is 0.491 e. The monoisotopic (exact) mass is 706 g/mol. The predicted molar refractivity (Wildman–Crippen MR) is 205 cm³/mol. The molecule has 0 fully saturated rings. The number of phosphoric ester groups is 1. The van der Waals surface area contributed by atoms with E-state index < -0.39 is 7.82 Å². The molecule has 0 aromatic heterocycles. The van der Waals surface area contributed by atoms with Crippen molar-refractivity contribution in [1.82, 2.24) is 5.06 Å². The number of unbranched alkanes of at least 4 members (excludes halogenated alkanes) is 30. The van der Waals surface area contributed by atoms with Crippen LogP contribution in [0.15, 0.2) is 0 Å². The van der Waals surface area contributed by atoms with E-state index in [1.165, 1.54) is 172 Å². The summed E-state index contributed by atoms with van der Waals surface area (Å²) in [5.74, 6) is 0. The fourth-order valence-electron chi connectivity index (χ4n) is 6.30. The second kappa shape index (κ2) is 39.8. The van der Waals surface area contributed by atoms with Gasteiger partial charge in [0.05, 0.1) is 26.4 Å². The molecule has 0 atom stereocenters. The molecule has 2 N–H and O–H groups in total. The third kappa shape index (κ3) is 35.8. The number of aliphatic hydroxyl groups is 2. The molecule has 0 saturated heterocycles. The van der Waals surface area contributed by atoms with Gasteiger partial charge < -0.3 is 10.2 Å². The van der Waals surface area contributed by atoms with Crippen LogP contribution in [-0.4, -0.2) is 54.8 Å². The van der Waals surface area contributed by atoms with Crippen molar-refractivity contribution in [1.29, 1.82) is 0 Å². The average Bonchev–Trinajstić information content (AvgIpc) is 3.08. The number of hydrogen-bond acceptors (Lipinski definition) is 7. The molecule has 0 aliphatic heterocycles. The third-order valence-corrected chi connectivity index (χ3v) is 10.8. The fourth-order valence-corrected chi connectivity index (χ4v) is 7.62. The zero-order valence-corrected chi connectivity index (χ0v) is 33.2. The highest BCUT2D eigenvalue weighted by molar-refractivity contribution is 7.48. The van der Waals surface area contributed by atoms with Crippen LogP contribution in [0.25, 0.3) is 0 Å². The van der Waals surface area contributed by atoms with Crippen molar-refractivity contribution in [2.24, 2.45) is 0 Å². The van der Waals surface area contributed by atoms with Crippen LogP contribution in [0.1, 0.15) is 219 Å². The zero-order valence-electron chi connectivity index (χ0n) is 32.3. The summed E-state index contributed by atoms with van der Waals surface area (Å²) in [6.45, 7) is 5.13.